The van der Waals surface area contributed by atoms with Crippen molar-refractivity contribution in [2.45, 2.75) is 25.1 Å². The van der Waals surface area contributed by atoms with E-state index in [9.17, 15) is 18.0 Å². The van der Waals surface area contributed by atoms with Gasteiger partial charge in [-0.1, -0.05) is 0 Å². The molecule has 106 valence electrons. The van der Waals surface area contributed by atoms with Gasteiger partial charge in [0.05, 0.1) is 13.2 Å². The molecule has 3 N–H and O–H groups in total. The molecule has 1 aliphatic heterocycles. The van der Waals surface area contributed by atoms with E-state index in [1.807, 2.05) is 4.90 Å². The number of likely N-dealkylation sites (tertiary alicyclic amines) is 1. The van der Waals surface area contributed by atoms with E-state index in [2.05, 4.69) is 0 Å². The molecule has 1 saturated heterocycles. The molecule has 0 spiro atoms. The van der Waals surface area contributed by atoms with Crippen LogP contribution in [0.4, 0.5) is 13.2 Å². The Morgan fingerprint density at radius 3 is 2.11 bits per heavy atom. The summed E-state index contributed by atoms with van der Waals surface area (Å²) in [7, 11) is 0. The Balaban J connectivity index is 0.000000360. The Morgan fingerprint density at radius 2 is 1.78 bits per heavy atom. The van der Waals surface area contributed by atoms with Crippen LogP contribution in [0.25, 0.3) is 0 Å². The normalized spacial score (nSPS) is 20.1. The second-order valence-corrected chi connectivity index (χ2v) is 3.65. The fourth-order valence-electron chi connectivity index (χ4n) is 1.48. The molecular formula is C9H14F3NO5. The lowest BCUT2D eigenvalue weighted by Crippen LogP contribution is -2.36. The van der Waals surface area contributed by atoms with Gasteiger partial charge in [0, 0.05) is 6.04 Å². The summed E-state index contributed by atoms with van der Waals surface area (Å²) in [4.78, 5) is 21.0. The molecule has 0 amide bonds. The number of aliphatic hydroxyl groups excluding tert-OH is 1. The van der Waals surface area contributed by atoms with Crippen molar-refractivity contribution >= 4 is 11.9 Å². The predicted octanol–water partition coefficient (Wildman–Crippen LogP) is 0.161. The third-order valence-corrected chi connectivity index (χ3v) is 2.29. The first-order chi connectivity index (χ1) is 8.18. The van der Waals surface area contributed by atoms with Crippen LogP contribution in [0.1, 0.15) is 12.8 Å². The maximum atomic E-state index is 10.6. The first-order valence-electron chi connectivity index (χ1n) is 5.05. The molecular weight excluding hydrogens is 259 g/mol. The lowest BCUT2D eigenvalue weighted by Gasteiger charge is -2.19. The number of hydrogen-bond acceptors (Lipinski definition) is 4. The van der Waals surface area contributed by atoms with Crippen LogP contribution in [0.5, 0.6) is 0 Å². The Morgan fingerprint density at radius 1 is 1.28 bits per heavy atom. The second-order valence-electron chi connectivity index (χ2n) is 3.65. The van der Waals surface area contributed by atoms with Gasteiger partial charge in [-0.25, -0.2) is 4.79 Å². The van der Waals surface area contributed by atoms with Crippen LogP contribution in [0, 0.1) is 0 Å². The number of carboxylic acids is 2. The lowest BCUT2D eigenvalue weighted by molar-refractivity contribution is -0.192. The average molecular weight is 273 g/mol. The highest BCUT2D eigenvalue weighted by molar-refractivity contribution is 5.73. The topological polar surface area (TPSA) is 98.1 Å². The molecule has 6 nitrogen and oxygen atoms in total. The maximum absolute atomic E-state index is 10.6. The van der Waals surface area contributed by atoms with E-state index >= 15 is 0 Å². The number of hydrogen-bond donors (Lipinski definition) is 3. The largest absolute Gasteiger partial charge is 0.490 e. The first-order valence-corrected chi connectivity index (χ1v) is 5.05. The van der Waals surface area contributed by atoms with Gasteiger partial charge in [0.1, 0.15) is 0 Å². The monoisotopic (exact) mass is 273 g/mol. The Kier molecular flexibility index (Phi) is 6.63. The van der Waals surface area contributed by atoms with Crippen LogP contribution >= 0.6 is 0 Å². The van der Waals surface area contributed by atoms with Crippen molar-refractivity contribution in [2.75, 3.05) is 19.7 Å². The van der Waals surface area contributed by atoms with E-state index in [0.717, 1.165) is 19.4 Å². The molecule has 1 heterocycles. The standard InChI is InChI=1S/C7H13NO3.C2HF3O2/c9-5-6-2-1-3-8(6)4-7(10)11;3-2(4,5)1(6)7/h6,9H,1-5H2,(H,10,11);(H,6,7). The highest BCUT2D eigenvalue weighted by Crippen LogP contribution is 2.15. The Bertz CT molecular complexity index is 294. The van der Waals surface area contributed by atoms with E-state index in [-0.39, 0.29) is 19.2 Å². The molecule has 0 bridgehead atoms. The Hall–Kier alpha value is -1.35. The Labute approximate surface area is 101 Å². The number of nitrogens with zero attached hydrogens (tertiary/aromatic N) is 1. The van der Waals surface area contributed by atoms with E-state index in [1.54, 1.807) is 0 Å². The van der Waals surface area contributed by atoms with Gasteiger partial charge < -0.3 is 15.3 Å². The van der Waals surface area contributed by atoms with Crippen LogP contribution < -0.4 is 0 Å². The molecule has 9 heteroatoms. The van der Waals surface area contributed by atoms with E-state index < -0.39 is 18.1 Å². The summed E-state index contributed by atoms with van der Waals surface area (Å²) in [6.07, 6.45) is -3.16. The summed E-state index contributed by atoms with van der Waals surface area (Å²) >= 11 is 0. The minimum absolute atomic E-state index is 0.0607. The number of rotatable bonds is 3. The number of halogens is 3. The molecule has 1 fully saturated rings. The van der Waals surface area contributed by atoms with E-state index in [0.29, 0.717) is 0 Å². The van der Waals surface area contributed by atoms with Crippen LogP contribution in [-0.2, 0) is 9.59 Å². The number of carboxylic acid groups (broad SMARTS) is 2. The van der Waals surface area contributed by atoms with Crippen molar-refractivity contribution in [1.82, 2.24) is 4.90 Å². The molecule has 1 atom stereocenters. The zero-order valence-corrected chi connectivity index (χ0v) is 9.35. The molecule has 18 heavy (non-hydrogen) atoms. The molecule has 1 unspecified atom stereocenters. The first kappa shape index (κ1) is 16.6. The van der Waals surface area contributed by atoms with Crippen molar-refractivity contribution in [3.05, 3.63) is 0 Å². The highest BCUT2D eigenvalue weighted by atomic mass is 19.4. The maximum Gasteiger partial charge on any atom is 0.490 e. The second kappa shape index (κ2) is 7.17. The van der Waals surface area contributed by atoms with Gasteiger partial charge in [0.15, 0.2) is 0 Å². The van der Waals surface area contributed by atoms with Crippen molar-refractivity contribution in [2.24, 2.45) is 0 Å². The summed E-state index contributed by atoms with van der Waals surface area (Å²) < 4.78 is 31.7. The minimum atomic E-state index is -5.08. The summed E-state index contributed by atoms with van der Waals surface area (Å²) in [6, 6.07) is 0.0751. The molecule has 1 aliphatic rings. The average Bonchev–Trinajstić information content (AvgIpc) is 2.63. The lowest BCUT2D eigenvalue weighted by atomic mass is 10.2. The summed E-state index contributed by atoms with van der Waals surface area (Å²) in [5.74, 6) is -3.57. The molecule has 0 aromatic rings. The molecule has 0 aromatic heterocycles. The van der Waals surface area contributed by atoms with Gasteiger partial charge in [-0.05, 0) is 19.4 Å². The predicted molar refractivity (Wildman–Crippen MR) is 53.0 cm³/mol. The van der Waals surface area contributed by atoms with Gasteiger partial charge in [-0.15, -0.1) is 0 Å². The number of aliphatic carboxylic acids is 2. The molecule has 0 aliphatic carbocycles. The quantitative estimate of drug-likeness (QED) is 0.677. The molecule has 1 rings (SSSR count). The van der Waals surface area contributed by atoms with Gasteiger partial charge in [-0.2, -0.15) is 13.2 Å². The van der Waals surface area contributed by atoms with Gasteiger partial charge in [0.2, 0.25) is 0 Å². The fourth-order valence-corrected chi connectivity index (χ4v) is 1.48. The smallest absolute Gasteiger partial charge is 0.480 e. The van der Waals surface area contributed by atoms with Gasteiger partial charge in [0.25, 0.3) is 0 Å². The van der Waals surface area contributed by atoms with Crippen LogP contribution in [-0.4, -0.2) is 64.1 Å². The van der Waals surface area contributed by atoms with Crippen molar-refractivity contribution in [3.63, 3.8) is 0 Å². The van der Waals surface area contributed by atoms with Gasteiger partial charge in [-0.3, -0.25) is 9.69 Å². The summed E-state index contributed by atoms with van der Waals surface area (Å²) in [6.45, 7) is 0.941. The van der Waals surface area contributed by atoms with Crippen molar-refractivity contribution in [1.29, 1.82) is 0 Å². The van der Waals surface area contributed by atoms with E-state index in [1.165, 1.54) is 0 Å². The van der Waals surface area contributed by atoms with Gasteiger partial charge >= 0.3 is 18.1 Å². The SMILES string of the molecule is O=C(O)C(F)(F)F.O=C(O)CN1CCCC1CO. The number of aliphatic hydroxyl groups is 1. The van der Waals surface area contributed by atoms with Crippen molar-refractivity contribution in [3.8, 4) is 0 Å². The summed E-state index contributed by atoms with van der Waals surface area (Å²) in [5, 5.41) is 24.4. The third kappa shape index (κ3) is 6.40. The van der Waals surface area contributed by atoms with E-state index in [4.69, 9.17) is 20.1 Å². The third-order valence-electron chi connectivity index (χ3n) is 2.29. The molecule has 0 aromatic carbocycles. The summed E-state index contributed by atoms with van der Waals surface area (Å²) in [5.41, 5.74) is 0. The van der Waals surface area contributed by atoms with Crippen LogP contribution in [0.15, 0.2) is 0 Å². The number of carbonyl (C=O) groups is 2. The fraction of sp³-hybridized carbons (Fsp3) is 0.778. The zero-order valence-electron chi connectivity index (χ0n) is 9.35. The van der Waals surface area contributed by atoms with Crippen molar-refractivity contribution < 1.29 is 38.1 Å². The minimum Gasteiger partial charge on any atom is -0.480 e. The highest BCUT2D eigenvalue weighted by Gasteiger charge is 2.38. The zero-order chi connectivity index (χ0) is 14.3. The molecule has 0 saturated carbocycles. The number of alkyl halides is 3. The van der Waals surface area contributed by atoms with Crippen LogP contribution in [0.3, 0.4) is 0 Å². The molecule has 0 radical (unpaired) electrons. The van der Waals surface area contributed by atoms with Crippen LogP contribution in [0.2, 0.25) is 0 Å².